The first-order chi connectivity index (χ1) is 11.9. The summed E-state index contributed by atoms with van der Waals surface area (Å²) in [7, 11) is -3.72. The van der Waals surface area contributed by atoms with Gasteiger partial charge < -0.3 is 11.1 Å². The summed E-state index contributed by atoms with van der Waals surface area (Å²) >= 11 is 0. The number of hydrogen-bond acceptors (Lipinski definition) is 3. The van der Waals surface area contributed by atoms with Crippen LogP contribution < -0.4 is 16.2 Å². The first-order valence-electron chi connectivity index (χ1n) is 8.23. The molecule has 5 N–H and O–H groups in total. The predicted molar refractivity (Wildman–Crippen MR) is 115 cm³/mol. The highest BCUT2D eigenvalue weighted by Gasteiger charge is 2.13. The monoisotopic (exact) mass is 486 g/mol. The van der Waals surface area contributed by atoms with Crippen LogP contribution in [0.4, 0.5) is 5.69 Å². The van der Waals surface area contributed by atoms with Gasteiger partial charge in [0, 0.05) is 5.69 Å². The Morgan fingerprint density at radius 2 is 1.85 bits per heavy atom. The average molecular weight is 486 g/mol. The number of primary sulfonamides is 1. The van der Waals surface area contributed by atoms with Gasteiger partial charge in [0.15, 0.2) is 5.96 Å². The van der Waals surface area contributed by atoms with Crippen LogP contribution in [0.2, 0.25) is 0 Å². The zero-order chi connectivity index (χ0) is 17.9. The number of halogens is 1. The van der Waals surface area contributed by atoms with E-state index in [1.165, 1.54) is 36.1 Å². The Bertz CT molecular complexity index is 913. The molecule has 0 unspecified atom stereocenters. The highest BCUT2D eigenvalue weighted by Crippen LogP contribution is 2.27. The minimum absolute atomic E-state index is 0. The summed E-state index contributed by atoms with van der Waals surface area (Å²) in [6, 6.07) is 12.6. The van der Waals surface area contributed by atoms with Gasteiger partial charge >= 0.3 is 0 Å². The third-order valence-corrected chi connectivity index (χ3v) is 5.23. The van der Waals surface area contributed by atoms with Crippen LogP contribution in [0, 0.1) is 0 Å². The molecule has 0 aliphatic heterocycles. The first-order valence-corrected chi connectivity index (χ1v) is 9.77. The van der Waals surface area contributed by atoms with Crippen LogP contribution in [0.1, 0.15) is 29.5 Å². The summed E-state index contributed by atoms with van der Waals surface area (Å²) in [4.78, 5) is 4.38. The zero-order valence-electron chi connectivity index (χ0n) is 14.3. The molecule has 0 saturated carbocycles. The van der Waals surface area contributed by atoms with Crippen molar-refractivity contribution in [2.24, 2.45) is 15.9 Å². The number of guanidine groups is 1. The molecule has 0 heterocycles. The first kappa shape index (κ1) is 20.7. The number of aryl methyl sites for hydroxylation is 1. The normalized spacial score (nSPS) is 14.3. The van der Waals surface area contributed by atoms with Crippen molar-refractivity contribution >= 4 is 45.6 Å². The molecule has 8 heteroatoms. The lowest BCUT2D eigenvalue weighted by atomic mass is 9.90. The number of nitrogens with zero attached hydrogens (tertiary/aromatic N) is 1. The van der Waals surface area contributed by atoms with Crippen molar-refractivity contribution in [1.82, 2.24) is 0 Å². The fraction of sp³-hybridized carbons (Fsp3) is 0.278. The Balaban J connectivity index is 0.00000243. The SMILES string of the molecule is I.NC(=NCc1cccc(S(N)(=O)=O)c1)Nc1cccc2c1CCCC2. The molecular formula is C18H23IN4O2S. The van der Waals surface area contributed by atoms with Gasteiger partial charge in [0.25, 0.3) is 0 Å². The smallest absolute Gasteiger partial charge is 0.238 e. The highest BCUT2D eigenvalue weighted by molar-refractivity contribution is 14.0. The van der Waals surface area contributed by atoms with E-state index in [-0.39, 0.29) is 35.4 Å². The maximum absolute atomic E-state index is 11.4. The van der Waals surface area contributed by atoms with Gasteiger partial charge in [-0.3, -0.25) is 0 Å². The number of anilines is 1. The van der Waals surface area contributed by atoms with Crippen LogP contribution in [-0.4, -0.2) is 14.4 Å². The summed E-state index contributed by atoms with van der Waals surface area (Å²) in [5.41, 5.74) is 10.4. The van der Waals surface area contributed by atoms with Crippen molar-refractivity contribution < 1.29 is 8.42 Å². The zero-order valence-corrected chi connectivity index (χ0v) is 17.5. The molecule has 6 nitrogen and oxygen atoms in total. The molecule has 0 atom stereocenters. The van der Waals surface area contributed by atoms with Crippen molar-refractivity contribution in [3.8, 4) is 0 Å². The van der Waals surface area contributed by atoms with Crippen LogP contribution in [-0.2, 0) is 29.4 Å². The second-order valence-electron chi connectivity index (χ2n) is 6.17. The number of benzene rings is 2. The van der Waals surface area contributed by atoms with E-state index in [0.29, 0.717) is 5.96 Å². The van der Waals surface area contributed by atoms with E-state index < -0.39 is 10.0 Å². The third-order valence-electron chi connectivity index (χ3n) is 4.32. The molecule has 3 rings (SSSR count). The van der Waals surface area contributed by atoms with Crippen molar-refractivity contribution in [3.63, 3.8) is 0 Å². The van der Waals surface area contributed by atoms with Gasteiger partial charge in [-0.1, -0.05) is 24.3 Å². The molecule has 26 heavy (non-hydrogen) atoms. The van der Waals surface area contributed by atoms with E-state index in [0.717, 1.165) is 24.1 Å². The molecule has 0 bridgehead atoms. The van der Waals surface area contributed by atoms with E-state index in [1.54, 1.807) is 12.1 Å². The lowest BCUT2D eigenvalue weighted by Crippen LogP contribution is -2.24. The molecular weight excluding hydrogens is 463 g/mol. The van der Waals surface area contributed by atoms with Gasteiger partial charge in [-0.2, -0.15) is 0 Å². The largest absolute Gasteiger partial charge is 0.370 e. The topological polar surface area (TPSA) is 111 Å². The van der Waals surface area contributed by atoms with Gasteiger partial charge in [0.1, 0.15) is 0 Å². The number of hydrogen-bond donors (Lipinski definition) is 3. The Morgan fingerprint density at radius 1 is 1.12 bits per heavy atom. The Morgan fingerprint density at radius 3 is 2.62 bits per heavy atom. The number of fused-ring (bicyclic) bond motifs is 1. The minimum atomic E-state index is -3.72. The van der Waals surface area contributed by atoms with Crippen LogP contribution in [0.15, 0.2) is 52.4 Å². The van der Waals surface area contributed by atoms with Gasteiger partial charge in [-0.25, -0.2) is 18.5 Å². The number of nitrogens with two attached hydrogens (primary N) is 2. The lowest BCUT2D eigenvalue weighted by molar-refractivity contribution is 0.597. The van der Waals surface area contributed by atoms with Crippen molar-refractivity contribution in [3.05, 3.63) is 59.2 Å². The second-order valence-corrected chi connectivity index (χ2v) is 7.73. The second kappa shape index (κ2) is 8.83. The number of sulfonamides is 1. The molecule has 140 valence electrons. The summed E-state index contributed by atoms with van der Waals surface area (Å²) in [6.45, 7) is 0.275. The molecule has 2 aromatic carbocycles. The van der Waals surface area contributed by atoms with E-state index in [1.807, 2.05) is 12.1 Å². The highest BCUT2D eigenvalue weighted by atomic mass is 127. The Hall–Kier alpha value is -1.65. The molecule has 0 fully saturated rings. The predicted octanol–water partition coefficient (Wildman–Crippen LogP) is 2.76. The quantitative estimate of drug-likeness (QED) is 0.351. The van der Waals surface area contributed by atoms with Gasteiger partial charge in [0.2, 0.25) is 10.0 Å². The molecule has 0 aromatic heterocycles. The molecule has 0 saturated heterocycles. The van der Waals surface area contributed by atoms with Crippen LogP contribution in [0.5, 0.6) is 0 Å². The lowest BCUT2D eigenvalue weighted by Gasteiger charge is -2.19. The van der Waals surface area contributed by atoms with E-state index in [4.69, 9.17) is 10.9 Å². The van der Waals surface area contributed by atoms with Crippen LogP contribution in [0.25, 0.3) is 0 Å². The molecule has 0 amide bonds. The van der Waals surface area contributed by atoms with E-state index >= 15 is 0 Å². The average Bonchev–Trinajstić information content (AvgIpc) is 2.60. The van der Waals surface area contributed by atoms with Crippen molar-refractivity contribution in [2.75, 3.05) is 5.32 Å². The van der Waals surface area contributed by atoms with Crippen molar-refractivity contribution in [2.45, 2.75) is 37.1 Å². The fourth-order valence-corrected chi connectivity index (χ4v) is 3.66. The standard InChI is InChI=1S/C18H22N4O2S.HI/c19-18(21-12-13-5-3-8-15(11-13)25(20,23)24)22-17-10-4-7-14-6-1-2-9-16(14)17;/h3-5,7-8,10-11H,1-2,6,9,12H2,(H3,19,21,22)(H2,20,23,24);1H. The van der Waals surface area contributed by atoms with E-state index in [2.05, 4.69) is 16.4 Å². The summed E-state index contributed by atoms with van der Waals surface area (Å²) in [5.74, 6) is 0.306. The van der Waals surface area contributed by atoms with E-state index in [9.17, 15) is 8.42 Å². The van der Waals surface area contributed by atoms with Crippen molar-refractivity contribution in [1.29, 1.82) is 0 Å². The van der Waals surface area contributed by atoms with Gasteiger partial charge in [-0.15, -0.1) is 24.0 Å². The number of rotatable bonds is 4. The fourth-order valence-electron chi connectivity index (χ4n) is 3.07. The molecule has 0 spiro atoms. The minimum Gasteiger partial charge on any atom is -0.370 e. The summed E-state index contributed by atoms with van der Waals surface area (Å²) in [5, 5.41) is 8.32. The number of aliphatic imine (C=N–C) groups is 1. The van der Waals surface area contributed by atoms with Crippen LogP contribution in [0.3, 0.4) is 0 Å². The molecule has 0 radical (unpaired) electrons. The summed E-state index contributed by atoms with van der Waals surface area (Å²) < 4.78 is 22.8. The maximum atomic E-state index is 11.4. The van der Waals surface area contributed by atoms with Crippen LogP contribution >= 0.6 is 24.0 Å². The Kier molecular flexibility index (Phi) is 7.01. The number of nitrogens with one attached hydrogen (secondary N) is 1. The van der Waals surface area contributed by atoms with Gasteiger partial charge in [0.05, 0.1) is 11.4 Å². The Labute approximate surface area is 171 Å². The third kappa shape index (κ3) is 5.18. The molecule has 2 aromatic rings. The van der Waals surface area contributed by atoms with Gasteiger partial charge in [-0.05, 0) is 60.6 Å². The maximum Gasteiger partial charge on any atom is 0.238 e. The summed E-state index contributed by atoms with van der Waals surface area (Å²) in [6.07, 6.45) is 4.55. The molecule has 1 aliphatic carbocycles. The molecule has 1 aliphatic rings.